The number of aliphatic carboxylic acids is 1. The zero-order valence-electron chi connectivity index (χ0n) is 8.60. The molecule has 4 heteroatoms. The fraction of sp³-hybridized carbons (Fsp3) is 0.455. The van der Waals surface area contributed by atoms with Crippen LogP contribution in [-0.4, -0.2) is 22.1 Å². The summed E-state index contributed by atoms with van der Waals surface area (Å²) in [6.07, 6.45) is 4.38. The quantitative estimate of drug-likeness (QED) is 0.751. The molecule has 1 saturated carbocycles. The van der Waals surface area contributed by atoms with Crippen LogP contribution in [0.4, 0.5) is 0 Å². The van der Waals surface area contributed by atoms with Gasteiger partial charge in [0, 0.05) is 18.4 Å². The Bertz CT molecular complexity index is 397. The molecule has 1 aromatic rings. The summed E-state index contributed by atoms with van der Waals surface area (Å²) in [5, 5.41) is 9.30. The fourth-order valence-electron chi connectivity index (χ4n) is 2.36. The second kappa shape index (κ2) is 3.31. The minimum absolute atomic E-state index is 0.00802. The lowest BCUT2D eigenvalue weighted by atomic mass is 9.61. The van der Waals surface area contributed by atoms with Crippen molar-refractivity contribution < 1.29 is 9.90 Å². The third-order valence-electron chi connectivity index (χ3n) is 3.17. The summed E-state index contributed by atoms with van der Waals surface area (Å²) >= 11 is 0. The van der Waals surface area contributed by atoms with E-state index >= 15 is 0 Å². The van der Waals surface area contributed by atoms with Crippen molar-refractivity contribution in [1.82, 2.24) is 4.98 Å². The van der Waals surface area contributed by atoms with Gasteiger partial charge in [0.2, 0.25) is 0 Å². The van der Waals surface area contributed by atoms with Crippen LogP contribution in [0, 0.1) is 6.92 Å². The zero-order valence-corrected chi connectivity index (χ0v) is 8.60. The van der Waals surface area contributed by atoms with Gasteiger partial charge in [0.25, 0.3) is 0 Å². The lowest BCUT2D eigenvalue weighted by Gasteiger charge is -2.43. The van der Waals surface area contributed by atoms with Crippen LogP contribution in [0.5, 0.6) is 0 Å². The van der Waals surface area contributed by atoms with Crippen LogP contribution < -0.4 is 5.73 Å². The first kappa shape index (κ1) is 10.1. The van der Waals surface area contributed by atoms with E-state index in [2.05, 4.69) is 4.98 Å². The molecule has 0 unspecified atom stereocenters. The lowest BCUT2D eigenvalue weighted by Crippen LogP contribution is -2.54. The molecule has 0 spiro atoms. The van der Waals surface area contributed by atoms with E-state index in [0.29, 0.717) is 12.8 Å². The third-order valence-corrected chi connectivity index (χ3v) is 3.17. The number of rotatable bonds is 2. The summed E-state index contributed by atoms with van der Waals surface area (Å²) in [6, 6.07) is 1.80. The van der Waals surface area contributed by atoms with Crippen LogP contribution in [0.3, 0.4) is 0 Å². The van der Waals surface area contributed by atoms with Crippen molar-refractivity contribution in [3.05, 3.63) is 29.6 Å². The number of carboxylic acids is 1. The van der Waals surface area contributed by atoms with Crippen molar-refractivity contribution >= 4 is 5.97 Å². The van der Waals surface area contributed by atoms with Gasteiger partial charge in [0.15, 0.2) is 0 Å². The molecular weight excluding hydrogens is 192 g/mol. The Balaban J connectivity index is 2.43. The second-order valence-electron chi connectivity index (χ2n) is 4.25. The molecule has 0 saturated heterocycles. The van der Waals surface area contributed by atoms with Crippen molar-refractivity contribution in [1.29, 1.82) is 0 Å². The molecule has 0 radical (unpaired) electrons. The van der Waals surface area contributed by atoms with E-state index < -0.39 is 11.4 Å². The van der Waals surface area contributed by atoms with Gasteiger partial charge in [-0.2, -0.15) is 0 Å². The molecule has 0 aromatic carbocycles. The highest BCUT2D eigenvalue weighted by atomic mass is 16.4. The number of aryl methyl sites for hydroxylation is 1. The maximum Gasteiger partial charge on any atom is 0.314 e. The number of aromatic nitrogens is 1. The number of carboxylic acid groups (broad SMARTS) is 1. The van der Waals surface area contributed by atoms with Gasteiger partial charge in [-0.1, -0.05) is 0 Å². The van der Waals surface area contributed by atoms with E-state index in [1.165, 1.54) is 0 Å². The topological polar surface area (TPSA) is 76.2 Å². The molecule has 1 aliphatic carbocycles. The van der Waals surface area contributed by atoms with Crippen LogP contribution in [0.15, 0.2) is 18.5 Å². The number of carbonyl (C=O) groups is 1. The second-order valence-corrected chi connectivity index (χ2v) is 4.25. The van der Waals surface area contributed by atoms with Gasteiger partial charge in [0.05, 0.1) is 5.41 Å². The number of nitrogens with zero attached hydrogens (tertiary/aromatic N) is 1. The van der Waals surface area contributed by atoms with E-state index in [0.717, 1.165) is 11.1 Å². The molecule has 4 nitrogen and oxygen atoms in total. The van der Waals surface area contributed by atoms with Gasteiger partial charge in [-0.25, -0.2) is 0 Å². The largest absolute Gasteiger partial charge is 0.481 e. The number of hydrogen-bond acceptors (Lipinski definition) is 3. The summed E-state index contributed by atoms with van der Waals surface area (Å²) in [6.45, 7) is 1.89. The molecule has 2 rings (SSSR count). The predicted molar refractivity (Wildman–Crippen MR) is 55.5 cm³/mol. The summed E-state index contributed by atoms with van der Waals surface area (Å²) in [7, 11) is 0. The Morgan fingerprint density at radius 2 is 2.33 bits per heavy atom. The van der Waals surface area contributed by atoms with E-state index in [1.54, 1.807) is 18.5 Å². The van der Waals surface area contributed by atoms with Crippen molar-refractivity contribution in [2.24, 2.45) is 5.73 Å². The maximum atomic E-state index is 11.3. The highest BCUT2D eigenvalue weighted by Crippen LogP contribution is 2.44. The van der Waals surface area contributed by atoms with E-state index in [4.69, 9.17) is 5.73 Å². The molecule has 0 atom stereocenters. The van der Waals surface area contributed by atoms with E-state index in [1.807, 2.05) is 6.92 Å². The van der Waals surface area contributed by atoms with Gasteiger partial charge < -0.3 is 10.8 Å². The molecule has 1 aromatic heterocycles. The average molecular weight is 206 g/mol. The smallest absolute Gasteiger partial charge is 0.314 e. The third kappa shape index (κ3) is 1.41. The molecule has 1 fully saturated rings. The van der Waals surface area contributed by atoms with E-state index in [-0.39, 0.29) is 6.04 Å². The minimum atomic E-state index is -0.779. The maximum absolute atomic E-state index is 11.3. The summed E-state index contributed by atoms with van der Waals surface area (Å²) in [5.74, 6) is -0.779. The Kier molecular flexibility index (Phi) is 2.23. The first-order valence-corrected chi connectivity index (χ1v) is 4.96. The van der Waals surface area contributed by atoms with Crippen molar-refractivity contribution in [2.75, 3.05) is 0 Å². The molecular formula is C11H14N2O2. The fourth-order valence-corrected chi connectivity index (χ4v) is 2.36. The molecule has 3 N–H and O–H groups in total. The SMILES string of the molecule is Cc1cnccc1C1(C(=O)O)CC(N)C1. The molecule has 0 bridgehead atoms. The highest BCUT2D eigenvalue weighted by Gasteiger charge is 2.51. The van der Waals surface area contributed by atoms with Gasteiger partial charge in [-0.05, 0) is 37.0 Å². The lowest BCUT2D eigenvalue weighted by molar-refractivity contribution is -0.148. The average Bonchev–Trinajstić information content (AvgIpc) is 2.13. The van der Waals surface area contributed by atoms with Crippen molar-refractivity contribution in [3.8, 4) is 0 Å². The van der Waals surface area contributed by atoms with Gasteiger partial charge in [-0.15, -0.1) is 0 Å². The molecule has 0 aliphatic heterocycles. The monoisotopic (exact) mass is 206 g/mol. The van der Waals surface area contributed by atoms with Crippen LogP contribution in [0.2, 0.25) is 0 Å². The van der Waals surface area contributed by atoms with Crippen LogP contribution in [-0.2, 0) is 10.2 Å². The predicted octanol–water partition coefficient (Wildman–Crippen LogP) is 0.834. The molecule has 80 valence electrons. The number of pyridine rings is 1. The highest BCUT2D eigenvalue weighted by molar-refractivity contribution is 5.83. The van der Waals surface area contributed by atoms with Crippen LogP contribution in [0.1, 0.15) is 24.0 Å². The van der Waals surface area contributed by atoms with Crippen molar-refractivity contribution in [3.63, 3.8) is 0 Å². The summed E-state index contributed by atoms with van der Waals surface area (Å²) < 4.78 is 0. The Morgan fingerprint density at radius 1 is 1.67 bits per heavy atom. The first-order chi connectivity index (χ1) is 7.06. The normalized spacial score (nSPS) is 29.6. The summed E-state index contributed by atoms with van der Waals surface area (Å²) in [5.41, 5.74) is 6.71. The first-order valence-electron chi connectivity index (χ1n) is 4.96. The van der Waals surface area contributed by atoms with Crippen LogP contribution in [0.25, 0.3) is 0 Å². The molecule has 0 amide bonds. The Labute approximate surface area is 88.1 Å². The van der Waals surface area contributed by atoms with Gasteiger partial charge >= 0.3 is 5.97 Å². The van der Waals surface area contributed by atoms with Crippen LogP contribution >= 0.6 is 0 Å². The molecule has 1 heterocycles. The Hall–Kier alpha value is -1.42. The van der Waals surface area contributed by atoms with Gasteiger partial charge in [0.1, 0.15) is 0 Å². The van der Waals surface area contributed by atoms with E-state index in [9.17, 15) is 9.90 Å². The standard InChI is InChI=1S/C11H14N2O2/c1-7-6-13-3-2-9(7)11(10(14)15)4-8(12)5-11/h2-3,6,8H,4-5,12H2,1H3,(H,14,15). The Morgan fingerprint density at radius 3 is 2.80 bits per heavy atom. The zero-order chi connectivity index (χ0) is 11.1. The number of nitrogens with two attached hydrogens (primary N) is 1. The molecule has 1 aliphatic rings. The van der Waals surface area contributed by atoms with Gasteiger partial charge in [-0.3, -0.25) is 9.78 Å². The van der Waals surface area contributed by atoms with Crippen molar-refractivity contribution in [2.45, 2.75) is 31.2 Å². The summed E-state index contributed by atoms with van der Waals surface area (Å²) in [4.78, 5) is 15.3. The molecule has 15 heavy (non-hydrogen) atoms. The number of hydrogen-bond donors (Lipinski definition) is 2. The minimum Gasteiger partial charge on any atom is -0.481 e.